The first kappa shape index (κ1) is 23.4. The molecule has 1 amide bonds. The highest BCUT2D eigenvalue weighted by Crippen LogP contribution is 2.31. The van der Waals surface area contributed by atoms with E-state index in [-0.39, 0.29) is 18.1 Å². The monoisotopic (exact) mass is 463 g/mol. The Hall–Kier alpha value is -3.81. The number of anilines is 1. The highest BCUT2D eigenvalue weighted by atomic mass is 16.6. The van der Waals surface area contributed by atoms with E-state index < -0.39 is 23.6 Å². The summed E-state index contributed by atoms with van der Waals surface area (Å²) in [5, 5.41) is 2.78. The number of amides is 1. The Bertz CT molecular complexity index is 1180. The van der Waals surface area contributed by atoms with Crippen molar-refractivity contribution in [1.29, 1.82) is 0 Å². The maximum atomic E-state index is 13.3. The maximum Gasteiger partial charge on any atom is 0.359 e. The van der Waals surface area contributed by atoms with Crippen molar-refractivity contribution in [2.24, 2.45) is 0 Å². The van der Waals surface area contributed by atoms with Gasteiger partial charge in [-0.3, -0.25) is 4.79 Å². The third-order valence-electron chi connectivity index (χ3n) is 5.18. The van der Waals surface area contributed by atoms with Crippen LogP contribution in [-0.4, -0.2) is 39.7 Å². The number of nitrogens with one attached hydrogen (secondary N) is 1. The van der Waals surface area contributed by atoms with Crippen LogP contribution in [0.3, 0.4) is 0 Å². The first-order valence-electron chi connectivity index (χ1n) is 11.3. The number of aryl methyl sites for hydroxylation is 1. The number of rotatable bonds is 6. The van der Waals surface area contributed by atoms with Crippen LogP contribution in [0, 0.1) is 0 Å². The minimum atomic E-state index is -0.884. The second kappa shape index (κ2) is 9.59. The zero-order chi connectivity index (χ0) is 24.3. The van der Waals surface area contributed by atoms with Gasteiger partial charge in [-0.25, -0.2) is 9.78 Å². The molecule has 1 unspecified atom stereocenters. The molecular formula is C26H29N3O5. The summed E-state index contributed by atoms with van der Waals surface area (Å²) in [4.78, 5) is 30.9. The van der Waals surface area contributed by atoms with Crippen LogP contribution in [0.15, 0.2) is 54.6 Å². The van der Waals surface area contributed by atoms with Gasteiger partial charge in [0.25, 0.3) is 5.91 Å². The molecule has 178 valence electrons. The first-order valence-corrected chi connectivity index (χ1v) is 11.3. The lowest BCUT2D eigenvalue weighted by atomic mass is 10.2. The Morgan fingerprint density at radius 1 is 1.09 bits per heavy atom. The van der Waals surface area contributed by atoms with E-state index in [9.17, 15) is 9.59 Å². The number of esters is 1. The van der Waals surface area contributed by atoms with Crippen LogP contribution in [0.4, 0.5) is 5.82 Å². The van der Waals surface area contributed by atoms with Gasteiger partial charge in [-0.1, -0.05) is 49.4 Å². The molecule has 0 fully saturated rings. The summed E-state index contributed by atoms with van der Waals surface area (Å²) >= 11 is 0. The summed E-state index contributed by atoms with van der Waals surface area (Å²) in [6.07, 6.45) is -0.319. The SMILES string of the molecule is CCc1nc(NC(=O)C2COc3ccccc3O2)c(C(=O)OC(C)(C)C)n1Cc1ccccc1. The molecule has 1 aromatic heterocycles. The van der Waals surface area contributed by atoms with E-state index in [1.54, 1.807) is 37.5 Å². The van der Waals surface area contributed by atoms with Crippen molar-refractivity contribution in [2.75, 3.05) is 11.9 Å². The van der Waals surface area contributed by atoms with Crippen LogP contribution in [-0.2, 0) is 22.5 Å². The van der Waals surface area contributed by atoms with Crippen LogP contribution in [0.5, 0.6) is 11.5 Å². The van der Waals surface area contributed by atoms with E-state index in [1.165, 1.54) is 0 Å². The molecule has 1 aliphatic heterocycles. The summed E-state index contributed by atoms with van der Waals surface area (Å²) < 4.78 is 18.9. The molecule has 8 heteroatoms. The van der Waals surface area contributed by atoms with Gasteiger partial charge < -0.3 is 24.1 Å². The van der Waals surface area contributed by atoms with Gasteiger partial charge >= 0.3 is 5.97 Å². The van der Waals surface area contributed by atoms with Crippen LogP contribution < -0.4 is 14.8 Å². The largest absolute Gasteiger partial charge is 0.485 e. The minimum Gasteiger partial charge on any atom is -0.485 e. The summed E-state index contributed by atoms with van der Waals surface area (Å²) in [6.45, 7) is 7.81. The molecule has 1 atom stereocenters. The van der Waals surface area contributed by atoms with Gasteiger partial charge in [0.1, 0.15) is 18.0 Å². The average molecular weight is 464 g/mol. The molecule has 0 spiro atoms. The van der Waals surface area contributed by atoms with Crippen LogP contribution >= 0.6 is 0 Å². The average Bonchev–Trinajstić information content (AvgIpc) is 3.15. The Balaban J connectivity index is 1.65. The lowest BCUT2D eigenvalue weighted by Gasteiger charge is -2.25. The van der Waals surface area contributed by atoms with Crippen molar-refractivity contribution in [2.45, 2.75) is 52.4 Å². The van der Waals surface area contributed by atoms with Gasteiger partial charge in [-0.2, -0.15) is 0 Å². The van der Waals surface area contributed by atoms with Crippen molar-refractivity contribution in [3.63, 3.8) is 0 Å². The minimum absolute atomic E-state index is 0.0516. The quantitative estimate of drug-likeness (QED) is 0.550. The van der Waals surface area contributed by atoms with E-state index in [0.717, 1.165) is 5.56 Å². The van der Waals surface area contributed by atoms with Gasteiger partial charge in [0.15, 0.2) is 23.0 Å². The third-order valence-corrected chi connectivity index (χ3v) is 5.18. The molecule has 34 heavy (non-hydrogen) atoms. The van der Waals surface area contributed by atoms with Gasteiger partial charge in [0.2, 0.25) is 6.10 Å². The molecule has 0 saturated heterocycles. The van der Waals surface area contributed by atoms with Crippen molar-refractivity contribution in [1.82, 2.24) is 9.55 Å². The zero-order valence-electron chi connectivity index (χ0n) is 19.8. The number of aromatic nitrogens is 2. The molecule has 0 radical (unpaired) electrons. The molecular weight excluding hydrogens is 434 g/mol. The molecule has 4 rings (SSSR count). The number of fused-ring (bicyclic) bond motifs is 1. The van der Waals surface area contributed by atoms with Crippen molar-refractivity contribution in [3.8, 4) is 11.5 Å². The fraction of sp³-hybridized carbons (Fsp3) is 0.346. The summed E-state index contributed by atoms with van der Waals surface area (Å²) in [5.74, 6) is 0.871. The molecule has 2 aromatic carbocycles. The molecule has 1 aliphatic rings. The number of nitrogens with zero attached hydrogens (tertiary/aromatic N) is 2. The zero-order valence-corrected chi connectivity index (χ0v) is 19.8. The topological polar surface area (TPSA) is 91.7 Å². The standard InChI is InChI=1S/C26H29N3O5/c1-5-21-27-23(28-24(30)20-16-32-18-13-9-10-14-19(18)33-20)22(25(31)34-26(2,3)4)29(21)15-17-11-7-6-8-12-17/h6-14,20H,5,15-16H2,1-4H3,(H,28,30). The molecule has 1 N–H and O–H groups in total. The van der Waals surface area contributed by atoms with Crippen molar-refractivity contribution >= 4 is 17.7 Å². The van der Waals surface area contributed by atoms with Gasteiger partial charge in [0.05, 0.1) is 0 Å². The summed E-state index contributed by atoms with van der Waals surface area (Å²) in [6, 6.07) is 16.9. The Kier molecular flexibility index (Phi) is 6.58. The molecule has 8 nitrogen and oxygen atoms in total. The van der Waals surface area contributed by atoms with E-state index in [1.807, 2.05) is 49.4 Å². The number of carbonyl (C=O) groups is 2. The number of benzene rings is 2. The molecule has 3 aromatic rings. The summed E-state index contributed by atoms with van der Waals surface area (Å²) in [7, 11) is 0. The van der Waals surface area contributed by atoms with E-state index in [2.05, 4.69) is 10.3 Å². The second-order valence-corrected chi connectivity index (χ2v) is 9.01. The number of carbonyl (C=O) groups excluding carboxylic acids is 2. The molecule has 0 bridgehead atoms. The van der Waals surface area contributed by atoms with E-state index >= 15 is 0 Å². The van der Waals surface area contributed by atoms with Gasteiger partial charge in [0, 0.05) is 13.0 Å². The van der Waals surface area contributed by atoms with E-state index in [4.69, 9.17) is 14.2 Å². The predicted molar refractivity (Wildman–Crippen MR) is 127 cm³/mol. The number of ether oxygens (including phenoxy) is 3. The molecule has 0 saturated carbocycles. The number of para-hydroxylation sites is 2. The second-order valence-electron chi connectivity index (χ2n) is 9.01. The lowest BCUT2D eigenvalue weighted by Crippen LogP contribution is -2.40. The number of hydrogen-bond acceptors (Lipinski definition) is 6. The Morgan fingerprint density at radius 3 is 2.44 bits per heavy atom. The molecule has 0 aliphatic carbocycles. The van der Waals surface area contributed by atoms with Crippen molar-refractivity contribution in [3.05, 3.63) is 71.7 Å². The van der Waals surface area contributed by atoms with Crippen LogP contribution in [0.25, 0.3) is 0 Å². The first-order chi connectivity index (χ1) is 16.2. The Labute approximate surface area is 198 Å². The normalized spacial score (nSPS) is 15.0. The lowest BCUT2D eigenvalue weighted by molar-refractivity contribution is -0.125. The third kappa shape index (κ3) is 5.22. The van der Waals surface area contributed by atoms with Crippen LogP contribution in [0.2, 0.25) is 0 Å². The molecule has 2 heterocycles. The van der Waals surface area contributed by atoms with Gasteiger partial charge in [-0.05, 0) is 38.5 Å². The fourth-order valence-electron chi connectivity index (χ4n) is 3.67. The number of hydrogen-bond donors (Lipinski definition) is 1. The van der Waals surface area contributed by atoms with Crippen LogP contribution in [0.1, 0.15) is 49.6 Å². The fourth-order valence-corrected chi connectivity index (χ4v) is 3.67. The summed E-state index contributed by atoms with van der Waals surface area (Å²) in [5.41, 5.74) is 0.482. The highest BCUT2D eigenvalue weighted by Gasteiger charge is 2.32. The highest BCUT2D eigenvalue weighted by molar-refractivity contribution is 6.01. The Morgan fingerprint density at radius 2 is 1.76 bits per heavy atom. The van der Waals surface area contributed by atoms with Crippen molar-refractivity contribution < 1.29 is 23.8 Å². The van der Waals surface area contributed by atoms with E-state index in [0.29, 0.717) is 30.3 Å². The maximum absolute atomic E-state index is 13.3. The smallest absolute Gasteiger partial charge is 0.359 e. The van der Waals surface area contributed by atoms with Gasteiger partial charge in [-0.15, -0.1) is 0 Å². The predicted octanol–water partition coefficient (Wildman–Crippen LogP) is 4.23. The number of imidazole rings is 1.